The zero-order valence-corrected chi connectivity index (χ0v) is 18.5. The van der Waals surface area contributed by atoms with Gasteiger partial charge < -0.3 is 10.1 Å². The first-order valence-electron chi connectivity index (χ1n) is 9.37. The summed E-state index contributed by atoms with van der Waals surface area (Å²) in [5, 5.41) is 11.8. The van der Waals surface area contributed by atoms with Gasteiger partial charge in [-0.2, -0.15) is 5.26 Å². The van der Waals surface area contributed by atoms with Gasteiger partial charge in [0.1, 0.15) is 23.7 Å². The molecule has 0 spiro atoms. The van der Waals surface area contributed by atoms with Crippen LogP contribution in [-0.4, -0.2) is 29.0 Å². The number of nitrogens with zero attached hydrogens (tertiary/aromatic N) is 3. The van der Waals surface area contributed by atoms with Crippen molar-refractivity contribution in [3.8, 4) is 11.8 Å². The van der Waals surface area contributed by atoms with E-state index in [1.807, 2.05) is 12.1 Å². The summed E-state index contributed by atoms with van der Waals surface area (Å²) in [5.74, 6) is 1.24. The Bertz CT molecular complexity index is 903. The molecule has 1 amide bonds. The number of rotatable bonds is 3. The normalized spacial score (nSPS) is 16.5. The third-order valence-corrected chi connectivity index (χ3v) is 5.23. The second-order valence-corrected chi connectivity index (χ2v) is 8.91. The second kappa shape index (κ2) is 8.79. The van der Waals surface area contributed by atoms with Gasteiger partial charge in [-0.3, -0.25) is 4.79 Å². The van der Waals surface area contributed by atoms with E-state index in [0.29, 0.717) is 22.0 Å². The second-order valence-electron chi connectivity index (χ2n) is 8.50. The minimum absolute atomic E-state index is 0.162. The Hall–Kier alpha value is -2.65. The molecule has 7 heteroatoms. The molecule has 3 rings (SSSR count). The monoisotopic (exact) mass is 414 g/mol. The summed E-state index contributed by atoms with van der Waals surface area (Å²) in [4.78, 5) is 18.7. The van der Waals surface area contributed by atoms with Crippen molar-refractivity contribution in [1.29, 1.82) is 5.26 Å². The van der Waals surface area contributed by atoms with E-state index >= 15 is 0 Å². The van der Waals surface area contributed by atoms with Gasteiger partial charge in [-0.05, 0) is 25.5 Å². The standard InChI is InChI=1S/C15H18ClNO.C7H9N3O/c1-14(2)9-15(3,4)13(14)18-11-6-5-10(8-17)12(16)7-11;1-5-9-3-6(4-10-5)7(11)8-2/h5-7,13H,9H2,1-4H3;3-4H,1-2H3,(H,8,11). The van der Waals surface area contributed by atoms with Crippen LogP contribution in [0.4, 0.5) is 0 Å². The fourth-order valence-corrected chi connectivity index (χ4v) is 4.27. The van der Waals surface area contributed by atoms with E-state index in [2.05, 4.69) is 43.0 Å². The molecule has 1 aliphatic carbocycles. The summed E-state index contributed by atoms with van der Waals surface area (Å²) < 4.78 is 6.07. The number of ether oxygens (including phenoxy) is 1. The van der Waals surface area contributed by atoms with Gasteiger partial charge in [0.25, 0.3) is 5.91 Å². The van der Waals surface area contributed by atoms with Crippen molar-refractivity contribution in [2.24, 2.45) is 10.8 Å². The number of halogens is 1. The van der Waals surface area contributed by atoms with Crippen LogP contribution in [-0.2, 0) is 0 Å². The number of benzene rings is 1. The Morgan fingerprint density at radius 1 is 1.24 bits per heavy atom. The molecule has 1 heterocycles. The van der Waals surface area contributed by atoms with Crippen molar-refractivity contribution in [3.63, 3.8) is 0 Å². The van der Waals surface area contributed by atoms with Crippen LogP contribution in [0.5, 0.6) is 5.75 Å². The number of amides is 1. The molecule has 1 N–H and O–H groups in total. The lowest BCUT2D eigenvalue weighted by molar-refractivity contribution is -0.133. The Labute approximate surface area is 177 Å². The summed E-state index contributed by atoms with van der Waals surface area (Å²) >= 11 is 6.01. The molecule has 0 unspecified atom stereocenters. The van der Waals surface area contributed by atoms with Crippen molar-refractivity contribution in [2.45, 2.75) is 47.1 Å². The Balaban J connectivity index is 0.000000234. The molecule has 2 aromatic rings. The van der Waals surface area contributed by atoms with Gasteiger partial charge in [0, 0.05) is 36.3 Å². The first-order valence-corrected chi connectivity index (χ1v) is 9.75. The quantitative estimate of drug-likeness (QED) is 0.795. The molecule has 6 nitrogen and oxygen atoms in total. The predicted octanol–water partition coefficient (Wildman–Crippen LogP) is 4.56. The molecule has 0 radical (unpaired) electrons. The fraction of sp³-hybridized carbons (Fsp3) is 0.455. The summed E-state index contributed by atoms with van der Waals surface area (Å²) in [6.45, 7) is 10.6. The number of aromatic nitrogens is 2. The first kappa shape index (κ1) is 22.6. The number of hydrogen-bond donors (Lipinski definition) is 1. The molecular formula is C22H27ClN4O2. The molecule has 0 saturated heterocycles. The van der Waals surface area contributed by atoms with Crippen molar-refractivity contribution in [2.75, 3.05) is 7.05 Å². The van der Waals surface area contributed by atoms with Crippen LogP contribution in [0.3, 0.4) is 0 Å². The summed E-state index contributed by atoms with van der Waals surface area (Å²) in [5.41, 5.74) is 1.34. The summed E-state index contributed by atoms with van der Waals surface area (Å²) in [6, 6.07) is 7.29. The van der Waals surface area contributed by atoms with Crippen LogP contribution in [0.15, 0.2) is 30.6 Å². The highest BCUT2D eigenvalue weighted by atomic mass is 35.5. The summed E-state index contributed by atoms with van der Waals surface area (Å²) in [6.07, 6.45) is 4.32. The highest BCUT2D eigenvalue weighted by Crippen LogP contribution is 2.55. The molecule has 0 atom stereocenters. The van der Waals surface area contributed by atoms with Crippen molar-refractivity contribution < 1.29 is 9.53 Å². The number of nitriles is 1. The molecule has 1 saturated carbocycles. The van der Waals surface area contributed by atoms with Gasteiger partial charge in [0.05, 0.1) is 16.1 Å². The van der Waals surface area contributed by atoms with Crippen LogP contribution >= 0.6 is 11.6 Å². The van der Waals surface area contributed by atoms with Crippen LogP contribution < -0.4 is 10.1 Å². The van der Waals surface area contributed by atoms with E-state index in [1.165, 1.54) is 12.4 Å². The van der Waals surface area contributed by atoms with E-state index in [9.17, 15) is 4.79 Å². The molecule has 0 bridgehead atoms. The molecule has 1 aromatic carbocycles. The average Bonchev–Trinajstić information content (AvgIpc) is 2.66. The van der Waals surface area contributed by atoms with E-state index in [4.69, 9.17) is 21.6 Å². The maximum absolute atomic E-state index is 10.9. The van der Waals surface area contributed by atoms with Gasteiger partial charge in [0.15, 0.2) is 0 Å². The van der Waals surface area contributed by atoms with E-state index in [-0.39, 0.29) is 22.8 Å². The van der Waals surface area contributed by atoms with Gasteiger partial charge in [-0.1, -0.05) is 39.3 Å². The minimum atomic E-state index is -0.162. The molecule has 0 aliphatic heterocycles. The number of nitrogens with one attached hydrogen (secondary N) is 1. The van der Waals surface area contributed by atoms with Gasteiger partial charge in [0.2, 0.25) is 0 Å². The Kier molecular flexibility index (Phi) is 6.86. The molecule has 29 heavy (non-hydrogen) atoms. The lowest BCUT2D eigenvalue weighted by Crippen LogP contribution is -2.58. The highest BCUT2D eigenvalue weighted by Gasteiger charge is 2.54. The number of carbonyl (C=O) groups excluding carboxylic acids is 1. The van der Waals surface area contributed by atoms with Crippen LogP contribution in [0.25, 0.3) is 0 Å². The SMILES string of the molecule is CC1(C)CC(C)(C)C1Oc1ccc(C#N)c(Cl)c1.CNC(=O)c1cnc(C)nc1. The third-order valence-electron chi connectivity index (χ3n) is 4.92. The zero-order chi connectivity index (χ0) is 21.8. The van der Waals surface area contributed by atoms with E-state index in [1.54, 1.807) is 26.1 Å². The van der Waals surface area contributed by atoms with Crippen molar-refractivity contribution in [3.05, 3.63) is 52.6 Å². The molecule has 154 valence electrons. The Morgan fingerprint density at radius 3 is 2.28 bits per heavy atom. The largest absolute Gasteiger partial charge is 0.489 e. The third kappa shape index (κ3) is 5.45. The average molecular weight is 415 g/mol. The van der Waals surface area contributed by atoms with Gasteiger partial charge >= 0.3 is 0 Å². The van der Waals surface area contributed by atoms with Gasteiger partial charge in [-0.15, -0.1) is 0 Å². The molecule has 1 aliphatic rings. The minimum Gasteiger partial charge on any atom is -0.489 e. The number of aryl methyl sites for hydroxylation is 1. The zero-order valence-electron chi connectivity index (χ0n) is 17.7. The number of hydrogen-bond acceptors (Lipinski definition) is 5. The lowest BCUT2D eigenvalue weighted by Gasteiger charge is -2.56. The summed E-state index contributed by atoms with van der Waals surface area (Å²) in [7, 11) is 1.57. The van der Waals surface area contributed by atoms with E-state index in [0.717, 1.165) is 12.2 Å². The molecular weight excluding hydrogens is 388 g/mol. The topological polar surface area (TPSA) is 87.9 Å². The molecule has 1 aromatic heterocycles. The van der Waals surface area contributed by atoms with Gasteiger partial charge in [-0.25, -0.2) is 9.97 Å². The van der Waals surface area contributed by atoms with Crippen LogP contribution in [0.2, 0.25) is 5.02 Å². The van der Waals surface area contributed by atoms with Crippen LogP contribution in [0, 0.1) is 29.1 Å². The lowest BCUT2D eigenvalue weighted by atomic mass is 9.53. The van der Waals surface area contributed by atoms with Crippen LogP contribution in [0.1, 0.15) is 55.9 Å². The predicted molar refractivity (Wildman–Crippen MR) is 113 cm³/mol. The molecule has 1 fully saturated rings. The number of carbonyl (C=O) groups is 1. The van der Waals surface area contributed by atoms with Crippen molar-refractivity contribution >= 4 is 17.5 Å². The van der Waals surface area contributed by atoms with E-state index < -0.39 is 0 Å². The maximum atomic E-state index is 10.9. The smallest absolute Gasteiger partial charge is 0.254 e. The maximum Gasteiger partial charge on any atom is 0.254 e. The Morgan fingerprint density at radius 2 is 1.83 bits per heavy atom. The highest BCUT2D eigenvalue weighted by molar-refractivity contribution is 6.31. The van der Waals surface area contributed by atoms with Crippen molar-refractivity contribution in [1.82, 2.24) is 15.3 Å². The first-order chi connectivity index (χ1) is 13.5. The fourth-order valence-electron chi connectivity index (χ4n) is 4.06.